The Bertz CT molecular complexity index is 1360. The molecule has 36 heavy (non-hydrogen) atoms. The van der Waals surface area contributed by atoms with Gasteiger partial charge in [-0.05, 0) is 48.7 Å². The monoisotopic (exact) mass is 482 g/mol. The van der Waals surface area contributed by atoms with Crippen molar-refractivity contribution in [1.29, 1.82) is 0 Å². The highest BCUT2D eigenvalue weighted by molar-refractivity contribution is 6.07. The fourth-order valence-corrected chi connectivity index (χ4v) is 5.51. The van der Waals surface area contributed by atoms with Crippen LogP contribution in [-0.2, 0) is 0 Å². The first-order valence-electron chi connectivity index (χ1n) is 13.0. The second kappa shape index (κ2) is 10.2. The predicted octanol–water partition coefficient (Wildman–Crippen LogP) is 5.65. The molecule has 1 saturated carbocycles. The molecule has 0 spiro atoms. The van der Waals surface area contributed by atoms with Gasteiger partial charge < -0.3 is 15.5 Å². The van der Waals surface area contributed by atoms with E-state index in [2.05, 4.69) is 31.6 Å². The molecule has 2 N–H and O–H groups in total. The number of aromatic nitrogens is 3. The standard InChI is InChI=1S/C29H31FN6/c30-22-6-4-5-20(17-22)27-25-19-32-11-10-24(25)29(36-15-13-31-14-16-36)35-28(27)21-9-12-33-26(18-21)34-23-7-2-1-3-8-23/h4-6,9-12,17-19,23,31H,1-3,7-8,13-16H2,(H,33,34). The molecule has 1 aliphatic heterocycles. The summed E-state index contributed by atoms with van der Waals surface area (Å²) in [7, 11) is 0. The summed E-state index contributed by atoms with van der Waals surface area (Å²) in [5.41, 5.74) is 3.47. The number of fused-ring (bicyclic) bond motifs is 1. The number of halogens is 1. The normalized spacial score (nSPS) is 16.9. The molecule has 0 atom stereocenters. The molecule has 1 aromatic carbocycles. The van der Waals surface area contributed by atoms with Crippen molar-refractivity contribution in [3.05, 3.63) is 66.9 Å². The third-order valence-corrected chi connectivity index (χ3v) is 7.31. The zero-order valence-corrected chi connectivity index (χ0v) is 20.4. The molecule has 0 amide bonds. The van der Waals surface area contributed by atoms with Gasteiger partial charge in [-0.25, -0.2) is 14.4 Å². The Morgan fingerprint density at radius 1 is 0.917 bits per heavy atom. The molecule has 184 valence electrons. The topological polar surface area (TPSA) is 66.0 Å². The number of nitrogens with one attached hydrogen (secondary N) is 2. The predicted molar refractivity (Wildman–Crippen MR) is 144 cm³/mol. The summed E-state index contributed by atoms with van der Waals surface area (Å²) in [6, 6.07) is 13.3. The maximum Gasteiger partial charge on any atom is 0.137 e. The molecule has 2 fully saturated rings. The lowest BCUT2D eigenvalue weighted by atomic mass is 9.94. The molecule has 6 nitrogen and oxygen atoms in total. The molecule has 3 aromatic heterocycles. The van der Waals surface area contributed by atoms with Gasteiger partial charge in [-0.2, -0.15) is 0 Å². The second-order valence-corrected chi connectivity index (χ2v) is 9.74. The summed E-state index contributed by atoms with van der Waals surface area (Å²) in [6.07, 6.45) is 11.7. The maximum absolute atomic E-state index is 14.4. The van der Waals surface area contributed by atoms with Crippen LogP contribution in [0, 0.1) is 5.82 Å². The SMILES string of the molecule is Fc1cccc(-c2c(-c3ccnc(NC4CCCCC4)c3)nc(N3CCNCC3)c3ccncc23)c1. The number of pyridine rings is 3. The van der Waals surface area contributed by atoms with Crippen molar-refractivity contribution in [1.82, 2.24) is 20.3 Å². The van der Waals surface area contributed by atoms with Crippen LogP contribution < -0.4 is 15.5 Å². The first kappa shape index (κ1) is 22.9. The third-order valence-electron chi connectivity index (χ3n) is 7.31. The molecule has 1 saturated heterocycles. The van der Waals surface area contributed by atoms with Crippen LogP contribution in [0.4, 0.5) is 16.0 Å². The fraction of sp³-hybridized carbons (Fsp3) is 0.345. The van der Waals surface area contributed by atoms with Crippen LogP contribution in [0.1, 0.15) is 32.1 Å². The molecular formula is C29H31FN6. The quantitative estimate of drug-likeness (QED) is 0.383. The van der Waals surface area contributed by atoms with E-state index in [0.29, 0.717) is 6.04 Å². The third kappa shape index (κ3) is 4.63. The van der Waals surface area contributed by atoms with Crippen molar-refractivity contribution >= 4 is 22.4 Å². The molecule has 4 aromatic rings. The van der Waals surface area contributed by atoms with Gasteiger partial charge in [0, 0.05) is 72.7 Å². The van der Waals surface area contributed by atoms with E-state index in [0.717, 1.165) is 71.0 Å². The minimum absolute atomic E-state index is 0.268. The average Bonchev–Trinajstić information content (AvgIpc) is 2.93. The maximum atomic E-state index is 14.4. The van der Waals surface area contributed by atoms with E-state index in [1.165, 1.54) is 38.2 Å². The molecule has 0 bridgehead atoms. The fourth-order valence-electron chi connectivity index (χ4n) is 5.51. The van der Waals surface area contributed by atoms with E-state index in [-0.39, 0.29) is 5.82 Å². The lowest BCUT2D eigenvalue weighted by molar-refractivity contribution is 0.462. The van der Waals surface area contributed by atoms with Gasteiger partial charge in [0.2, 0.25) is 0 Å². The molecule has 1 aliphatic carbocycles. The lowest BCUT2D eigenvalue weighted by Crippen LogP contribution is -2.44. The number of nitrogens with zero attached hydrogens (tertiary/aromatic N) is 4. The number of benzene rings is 1. The Kier molecular flexibility index (Phi) is 6.47. The van der Waals surface area contributed by atoms with Gasteiger partial charge in [0.05, 0.1) is 5.69 Å². The Morgan fingerprint density at radius 2 is 1.78 bits per heavy atom. The van der Waals surface area contributed by atoms with Crippen molar-refractivity contribution < 1.29 is 4.39 Å². The highest BCUT2D eigenvalue weighted by Crippen LogP contribution is 2.41. The molecule has 6 rings (SSSR count). The molecule has 0 unspecified atom stereocenters. The summed E-state index contributed by atoms with van der Waals surface area (Å²) in [6.45, 7) is 3.60. The Hall–Kier alpha value is -3.58. The number of hydrogen-bond donors (Lipinski definition) is 2. The zero-order chi connectivity index (χ0) is 24.3. The molecule has 4 heterocycles. The lowest BCUT2D eigenvalue weighted by Gasteiger charge is -2.30. The van der Waals surface area contributed by atoms with Crippen LogP contribution in [0.3, 0.4) is 0 Å². The van der Waals surface area contributed by atoms with E-state index in [1.807, 2.05) is 36.8 Å². The van der Waals surface area contributed by atoms with Crippen LogP contribution in [0.2, 0.25) is 0 Å². The Labute approximate surface area is 211 Å². The van der Waals surface area contributed by atoms with Gasteiger partial charge in [0.25, 0.3) is 0 Å². The first-order chi connectivity index (χ1) is 17.8. The Balaban J connectivity index is 1.53. The van der Waals surface area contributed by atoms with Crippen molar-refractivity contribution in [2.24, 2.45) is 0 Å². The number of hydrogen-bond acceptors (Lipinski definition) is 6. The van der Waals surface area contributed by atoms with Crippen molar-refractivity contribution in [2.45, 2.75) is 38.1 Å². The van der Waals surface area contributed by atoms with Gasteiger partial charge in [-0.3, -0.25) is 4.98 Å². The van der Waals surface area contributed by atoms with Crippen LogP contribution in [0.5, 0.6) is 0 Å². The summed E-state index contributed by atoms with van der Waals surface area (Å²) in [4.78, 5) is 16.7. The first-order valence-corrected chi connectivity index (χ1v) is 13.0. The van der Waals surface area contributed by atoms with Gasteiger partial charge in [0.15, 0.2) is 0 Å². The van der Waals surface area contributed by atoms with E-state index in [1.54, 1.807) is 12.1 Å². The highest BCUT2D eigenvalue weighted by Gasteiger charge is 2.22. The molecular weight excluding hydrogens is 451 g/mol. The minimum atomic E-state index is -0.268. The van der Waals surface area contributed by atoms with Crippen LogP contribution in [0.15, 0.2) is 61.1 Å². The summed E-state index contributed by atoms with van der Waals surface area (Å²) in [5, 5.41) is 9.08. The molecule has 7 heteroatoms. The van der Waals surface area contributed by atoms with Crippen molar-refractivity contribution in [3.8, 4) is 22.4 Å². The number of piperazine rings is 1. The van der Waals surface area contributed by atoms with Gasteiger partial charge in [-0.15, -0.1) is 0 Å². The van der Waals surface area contributed by atoms with Crippen LogP contribution in [0.25, 0.3) is 33.2 Å². The molecule has 0 radical (unpaired) electrons. The highest BCUT2D eigenvalue weighted by atomic mass is 19.1. The van der Waals surface area contributed by atoms with Gasteiger partial charge in [-0.1, -0.05) is 31.4 Å². The van der Waals surface area contributed by atoms with Crippen molar-refractivity contribution in [3.63, 3.8) is 0 Å². The van der Waals surface area contributed by atoms with E-state index < -0.39 is 0 Å². The summed E-state index contributed by atoms with van der Waals surface area (Å²) in [5.74, 6) is 1.54. The Morgan fingerprint density at radius 3 is 2.61 bits per heavy atom. The average molecular weight is 483 g/mol. The van der Waals surface area contributed by atoms with E-state index >= 15 is 0 Å². The minimum Gasteiger partial charge on any atom is -0.367 e. The van der Waals surface area contributed by atoms with Crippen molar-refractivity contribution in [2.75, 3.05) is 36.4 Å². The molecule has 2 aliphatic rings. The summed E-state index contributed by atoms with van der Waals surface area (Å²) >= 11 is 0. The van der Waals surface area contributed by atoms with Gasteiger partial charge >= 0.3 is 0 Å². The smallest absolute Gasteiger partial charge is 0.137 e. The summed E-state index contributed by atoms with van der Waals surface area (Å²) < 4.78 is 14.4. The van der Waals surface area contributed by atoms with Crippen LogP contribution >= 0.6 is 0 Å². The van der Waals surface area contributed by atoms with E-state index in [9.17, 15) is 4.39 Å². The van der Waals surface area contributed by atoms with Crippen LogP contribution in [-0.4, -0.2) is 47.2 Å². The number of anilines is 2. The van der Waals surface area contributed by atoms with Gasteiger partial charge in [0.1, 0.15) is 17.5 Å². The zero-order valence-electron chi connectivity index (χ0n) is 20.4. The number of rotatable bonds is 5. The van der Waals surface area contributed by atoms with E-state index in [4.69, 9.17) is 4.98 Å². The second-order valence-electron chi connectivity index (χ2n) is 9.74. The largest absolute Gasteiger partial charge is 0.367 e.